The fraction of sp³-hybridized carbons (Fsp3) is 0.867. The maximum Gasteiger partial charge on any atom is 0.309 e. The highest BCUT2D eigenvalue weighted by molar-refractivity contribution is 8.00. The number of thioether (sulfide) groups is 6. The molecule has 0 aliphatic carbocycles. The van der Waals surface area contributed by atoms with Gasteiger partial charge in [-0.15, -0.1) is 0 Å². The Morgan fingerprint density at radius 3 is 0.664 bits per heavy atom. The number of nitrogens with zero attached hydrogens (tertiary/aromatic N) is 6. The standard InChI is InChI=1S/C98H176N6O27S6/c1-13-16-19-22-25-28-68-132-74-80(4)93(112)126-62-56-120-87(106)32-39-100(38-31-86(105)119-55-54-118-12)51-71-135-77-83(7)96(115)129-65-59-123-90(109)35-42-102(53-73-137-79-85(9)98(117)131-67-61-125-92(111)37-44-103-47-49-104(50-48-103)46-45-99(10)11)43-36-91(110)124-60-66-130-97(116)84(8)78-136-72-52-101(40-33-88(107)121-57-63-127-94(113)81(5)75-133-69-29-26-23-20-17-14-2)41-34-89(108)122-58-64-128-95(114)82(6)76-134-70-30-27-24-21-18-15-3/h80-85H,13-79H2,1-12H3. The Morgan fingerprint density at radius 1 is 0.241 bits per heavy atom. The lowest BCUT2D eigenvalue weighted by atomic mass is 10.1. The van der Waals surface area contributed by atoms with E-state index in [-0.39, 0.29) is 212 Å². The zero-order chi connectivity index (χ0) is 101. The third-order valence-corrected chi connectivity index (χ3v) is 29.6. The molecule has 0 N–H and O–H groups in total. The number of likely N-dealkylation sites (N-methyl/N-ethyl adjacent to an activating group) is 1. The maximum atomic E-state index is 13.2. The van der Waals surface area contributed by atoms with Crippen LogP contribution in [0.3, 0.4) is 0 Å². The number of hydrogen-bond donors (Lipinski definition) is 0. The van der Waals surface area contributed by atoms with E-state index in [1.807, 2.05) is 35.5 Å². The van der Waals surface area contributed by atoms with Gasteiger partial charge in [0.2, 0.25) is 0 Å². The number of piperazine rings is 1. The summed E-state index contributed by atoms with van der Waals surface area (Å²) in [7, 11) is 5.62. The molecule has 39 heteroatoms. The number of esters is 13. The minimum absolute atomic E-state index is 0.0112. The largest absolute Gasteiger partial charge is 0.463 e. The fourth-order valence-corrected chi connectivity index (χ4v) is 19.5. The lowest BCUT2D eigenvalue weighted by Gasteiger charge is -2.35. The van der Waals surface area contributed by atoms with Crippen LogP contribution in [0.2, 0.25) is 0 Å². The van der Waals surface area contributed by atoms with Gasteiger partial charge in [-0.1, -0.05) is 159 Å². The topological polar surface area (TPSA) is 371 Å². The van der Waals surface area contributed by atoms with Crippen molar-refractivity contribution in [3.05, 3.63) is 0 Å². The molecule has 0 amide bonds. The molecule has 6 unspecified atom stereocenters. The summed E-state index contributed by atoms with van der Waals surface area (Å²) in [4.78, 5) is 180. The zero-order valence-corrected chi connectivity index (χ0v) is 90.4. The first-order valence-corrected chi connectivity index (χ1v) is 57.3. The molecule has 796 valence electrons. The molecule has 1 saturated heterocycles. The minimum atomic E-state index is -0.576. The second-order valence-electron chi connectivity index (χ2n) is 35.0. The van der Waals surface area contributed by atoms with Crippen LogP contribution in [0.15, 0.2) is 0 Å². The normalized spacial score (nSPS) is 13.7. The van der Waals surface area contributed by atoms with Crippen molar-refractivity contribution in [2.75, 3.05) is 287 Å². The van der Waals surface area contributed by atoms with Crippen LogP contribution in [0.25, 0.3) is 0 Å². The van der Waals surface area contributed by atoms with Gasteiger partial charge >= 0.3 is 77.6 Å². The monoisotopic (exact) mass is 2060 g/mol. The van der Waals surface area contributed by atoms with Gasteiger partial charge < -0.3 is 90.8 Å². The Bertz CT molecular complexity index is 3120. The Morgan fingerprint density at radius 2 is 0.438 bits per heavy atom. The van der Waals surface area contributed by atoms with E-state index in [1.54, 1.807) is 56.1 Å². The lowest BCUT2D eigenvalue weighted by Crippen LogP contribution is -2.48. The van der Waals surface area contributed by atoms with Crippen molar-refractivity contribution in [2.45, 2.75) is 223 Å². The van der Waals surface area contributed by atoms with Crippen molar-refractivity contribution in [3.63, 3.8) is 0 Å². The smallest absolute Gasteiger partial charge is 0.309 e. The molecular weight excluding hydrogens is 1890 g/mol. The van der Waals surface area contributed by atoms with E-state index < -0.39 is 71.5 Å². The molecular formula is C98H176N6O27S6. The van der Waals surface area contributed by atoms with Crippen LogP contribution in [0, 0.1) is 35.5 Å². The summed E-state index contributed by atoms with van der Waals surface area (Å²) >= 11 is 9.65. The van der Waals surface area contributed by atoms with Gasteiger partial charge in [0, 0.05) is 164 Å². The highest BCUT2D eigenvalue weighted by Crippen LogP contribution is 2.21. The van der Waals surface area contributed by atoms with Gasteiger partial charge in [0.25, 0.3) is 0 Å². The summed E-state index contributed by atoms with van der Waals surface area (Å²) in [5, 5.41) is 0. The molecule has 6 atom stereocenters. The van der Waals surface area contributed by atoms with Crippen LogP contribution in [0.5, 0.6) is 0 Å². The second kappa shape index (κ2) is 89.8. The zero-order valence-electron chi connectivity index (χ0n) is 85.5. The van der Waals surface area contributed by atoms with Crippen molar-refractivity contribution in [1.29, 1.82) is 0 Å². The Hall–Kier alpha value is -5.07. The van der Waals surface area contributed by atoms with E-state index in [0.29, 0.717) is 84.5 Å². The van der Waals surface area contributed by atoms with Gasteiger partial charge in [-0.3, -0.25) is 67.2 Å². The van der Waals surface area contributed by atoms with E-state index in [2.05, 4.69) is 49.6 Å². The summed E-state index contributed by atoms with van der Waals surface area (Å²) in [5.74, 6) is -0.693. The quantitative estimate of drug-likeness (QED) is 0.0310. The van der Waals surface area contributed by atoms with Crippen LogP contribution in [-0.2, 0) is 129 Å². The van der Waals surface area contributed by atoms with Crippen molar-refractivity contribution in [3.8, 4) is 0 Å². The number of hydrogen-bond acceptors (Lipinski definition) is 39. The van der Waals surface area contributed by atoms with Crippen molar-refractivity contribution >= 4 is 148 Å². The van der Waals surface area contributed by atoms with Gasteiger partial charge in [0.05, 0.1) is 87.1 Å². The number of unbranched alkanes of at least 4 members (excludes halogenated alkanes) is 15. The first-order valence-electron chi connectivity index (χ1n) is 50.4. The average molecular weight is 2060 g/mol. The molecule has 0 saturated carbocycles. The van der Waals surface area contributed by atoms with Crippen LogP contribution in [0.1, 0.15) is 223 Å². The molecule has 0 bridgehead atoms. The summed E-state index contributed by atoms with van der Waals surface area (Å²) in [5.41, 5.74) is 0. The van der Waals surface area contributed by atoms with Crippen LogP contribution >= 0.6 is 70.6 Å². The lowest BCUT2D eigenvalue weighted by molar-refractivity contribution is -0.154. The van der Waals surface area contributed by atoms with Crippen LogP contribution in [0.4, 0.5) is 0 Å². The van der Waals surface area contributed by atoms with E-state index in [1.165, 1.54) is 139 Å². The van der Waals surface area contributed by atoms with Gasteiger partial charge in [0.1, 0.15) is 85.9 Å². The van der Waals surface area contributed by atoms with Gasteiger partial charge in [-0.05, 0) is 50.6 Å². The molecule has 33 nitrogen and oxygen atoms in total. The van der Waals surface area contributed by atoms with Crippen molar-refractivity contribution < 1.29 is 129 Å². The van der Waals surface area contributed by atoms with E-state index in [4.69, 9.17) is 66.3 Å². The third-order valence-electron chi connectivity index (χ3n) is 22.1. The highest BCUT2D eigenvalue weighted by Gasteiger charge is 2.26. The Labute approximate surface area is 846 Å². The molecule has 1 heterocycles. The number of methoxy groups -OCH3 is 1. The van der Waals surface area contributed by atoms with Gasteiger partial charge in [0.15, 0.2) is 0 Å². The van der Waals surface area contributed by atoms with Crippen molar-refractivity contribution in [2.24, 2.45) is 35.5 Å². The van der Waals surface area contributed by atoms with Crippen LogP contribution in [-0.4, -0.2) is 394 Å². The molecule has 0 radical (unpaired) electrons. The second-order valence-corrected chi connectivity index (χ2v) is 41.9. The van der Waals surface area contributed by atoms with Crippen LogP contribution < -0.4 is 0 Å². The molecule has 0 aromatic rings. The highest BCUT2D eigenvalue weighted by atomic mass is 32.2. The van der Waals surface area contributed by atoms with E-state index in [0.717, 1.165) is 75.8 Å². The summed E-state index contributed by atoms with van der Waals surface area (Å²) < 4.78 is 75.4. The molecule has 1 aliphatic heterocycles. The predicted molar refractivity (Wildman–Crippen MR) is 546 cm³/mol. The summed E-state index contributed by atoms with van der Waals surface area (Å²) in [6.45, 7) is 25.1. The van der Waals surface area contributed by atoms with E-state index >= 15 is 0 Å². The molecule has 1 fully saturated rings. The molecule has 137 heavy (non-hydrogen) atoms. The van der Waals surface area contributed by atoms with E-state index in [9.17, 15) is 62.3 Å². The maximum absolute atomic E-state index is 13.2. The number of ether oxygens (including phenoxy) is 14. The number of carbonyl (C=O) groups is 13. The Kier molecular flexibility index (Phi) is 85.1. The van der Waals surface area contributed by atoms with Gasteiger partial charge in [-0.2, -0.15) is 70.6 Å². The molecule has 1 rings (SSSR count). The minimum Gasteiger partial charge on any atom is -0.463 e. The molecule has 0 aromatic heterocycles. The number of rotatable bonds is 93. The Balaban J connectivity index is 2.89. The summed E-state index contributed by atoms with van der Waals surface area (Å²) in [6.07, 6.45) is 21.9. The van der Waals surface area contributed by atoms with Crippen molar-refractivity contribution in [1.82, 2.24) is 29.4 Å². The molecule has 0 aromatic carbocycles. The SMILES string of the molecule is CCCCCCCCSCC(C)C(=O)OCCOC(=O)CCN(CCSCC(C)C(=O)OCCOC(=O)CCN(CCSCC(C)C(=O)OCCOC(=O)CCN1CCN(CCN(C)C)CC1)CCC(=O)OCCOC(=O)C(C)CSCCN(CCC(=O)OCCOC(=O)C(C)CSCCCCCCCC)CCC(=O)OCCOC(=O)C(C)CSCCCCCCCC)CCC(=O)OCCOC. The van der Waals surface area contributed by atoms with Gasteiger partial charge in [-0.25, -0.2) is 0 Å². The first kappa shape index (κ1) is 130. The molecule has 0 spiro atoms. The predicted octanol–water partition coefficient (Wildman–Crippen LogP) is 12.8. The average Bonchev–Trinajstić information content (AvgIpc) is 0.888. The molecule has 1 aliphatic rings. The first-order chi connectivity index (χ1) is 66.1. The fourth-order valence-electron chi connectivity index (χ4n) is 13.2. The summed E-state index contributed by atoms with van der Waals surface area (Å²) in [6, 6.07) is 0. The number of carbonyl (C=O) groups excluding carboxylic acids is 13. The third kappa shape index (κ3) is 78.1.